The lowest BCUT2D eigenvalue weighted by atomic mass is 10.1. The first kappa shape index (κ1) is 14.2. The van der Waals surface area contributed by atoms with Crippen LogP contribution >= 0.6 is 24.0 Å². The van der Waals surface area contributed by atoms with Crippen molar-refractivity contribution in [2.24, 2.45) is 5.73 Å². The molecular weight excluding hydrogens is 239 g/mol. The third-order valence-corrected chi connectivity index (χ3v) is 1.93. The minimum absolute atomic E-state index is 0. The predicted octanol–water partition coefficient (Wildman–Crippen LogP) is 1.20. The molecule has 1 rings (SSSR count). The number of halogens is 2. The first-order chi connectivity index (χ1) is 6.63. The van der Waals surface area contributed by atoms with Gasteiger partial charge >= 0.3 is 5.97 Å². The summed E-state index contributed by atoms with van der Waals surface area (Å²) < 4.78 is 4.50. The number of nitrogens with two attached hydrogens (primary N) is 1. The summed E-state index contributed by atoms with van der Waals surface area (Å²) in [7, 11) is 1.30. The van der Waals surface area contributed by atoms with Crippen molar-refractivity contribution >= 4 is 30.0 Å². The molecular formula is C9H12Cl2N2O2. The Labute approximate surface area is 99.2 Å². The number of carbonyl (C=O) groups is 1. The number of carbonyl (C=O) groups excluding carboxylic acids is 1. The van der Waals surface area contributed by atoms with Gasteiger partial charge < -0.3 is 10.5 Å². The van der Waals surface area contributed by atoms with E-state index in [4.69, 9.17) is 17.3 Å². The van der Waals surface area contributed by atoms with Crippen molar-refractivity contribution in [2.75, 3.05) is 7.11 Å². The normalized spacial score (nSPS) is 11.4. The first-order valence-electron chi connectivity index (χ1n) is 4.06. The van der Waals surface area contributed by atoms with Crippen molar-refractivity contribution in [1.82, 2.24) is 4.98 Å². The Hall–Kier alpha value is -0.840. The standard InChI is InChI=1S/C9H11ClN2O2.ClH/c1-14-9(13)8(11)3-6-2-7(10)5-12-4-6;/h2,4-5,8H,3,11H2,1H3;1H/t8-;/m1./s1. The van der Waals surface area contributed by atoms with Crippen LogP contribution in [0.15, 0.2) is 18.5 Å². The highest BCUT2D eigenvalue weighted by Crippen LogP contribution is 2.09. The fraction of sp³-hybridized carbons (Fsp3) is 0.333. The SMILES string of the molecule is COC(=O)[C@H](N)Cc1cncc(Cl)c1.Cl. The van der Waals surface area contributed by atoms with Gasteiger partial charge in [-0.3, -0.25) is 9.78 Å². The van der Waals surface area contributed by atoms with E-state index in [1.165, 1.54) is 13.3 Å². The molecule has 0 amide bonds. The molecule has 0 spiro atoms. The zero-order chi connectivity index (χ0) is 10.6. The number of nitrogens with zero attached hydrogens (tertiary/aromatic N) is 1. The van der Waals surface area contributed by atoms with Gasteiger partial charge in [-0.15, -0.1) is 12.4 Å². The molecule has 0 unspecified atom stereocenters. The van der Waals surface area contributed by atoms with E-state index in [2.05, 4.69) is 9.72 Å². The maximum absolute atomic E-state index is 11.0. The molecule has 0 fully saturated rings. The molecule has 0 aliphatic carbocycles. The van der Waals surface area contributed by atoms with Gasteiger partial charge in [-0.1, -0.05) is 11.6 Å². The summed E-state index contributed by atoms with van der Waals surface area (Å²) in [5.41, 5.74) is 6.38. The molecule has 0 saturated heterocycles. The lowest BCUT2D eigenvalue weighted by Crippen LogP contribution is -2.33. The van der Waals surface area contributed by atoms with E-state index in [-0.39, 0.29) is 12.4 Å². The van der Waals surface area contributed by atoms with Gasteiger partial charge in [0.2, 0.25) is 0 Å². The van der Waals surface area contributed by atoms with Crippen LogP contribution in [0, 0.1) is 0 Å². The fourth-order valence-corrected chi connectivity index (χ4v) is 1.25. The number of rotatable bonds is 3. The zero-order valence-corrected chi connectivity index (χ0v) is 9.72. The highest BCUT2D eigenvalue weighted by molar-refractivity contribution is 6.30. The van der Waals surface area contributed by atoms with E-state index in [0.29, 0.717) is 11.4 Å². The molecule has 84 valence electrons. The van der Waals surface area contributed by atoms with Crippen LogP contribution in [0.4, 0.5) is 0 Å². The van der Waals surface area contributed by atoms with Crippen LogP contribution in [0.25, 0.3) is 0 Å². The second kappa shape index (κ2) is 6.61. The van der Waals surface area contributed by atoms with Gasteiger partial charge in [0.15, 0.2) is 0 Å². The van der Waals surface area contributed by atoms with Crippen LogP contribution < -0.4 is 5.73 Å². The minimum Gasteiger partial charge on any atom is -0.468 e. The van der Waals surface area contributed by atoms with Gasteiger partial charge in [0, 0.05) is 12.4 Å². The highest BCUT2D eigenvalue weighted by Gasteiger charge is 2.14. The molecule has 0 radical (unpaired) electrons. The number of esters is 1. The average molecular weight is 251 g/mol. The molecule has 1 aromatic rings. The molecule has 1 heterocycles. The van der Waals surface area contributed by atoms with Crippen molar-refractivity contribution in [3.8, 4) is 0 Å². The van der Waals surface area contributed by atoms with Crippen molar-refractivity contribution in [3.05, 3.63) is 29.0 Å². The Morgan fingerprint density at radius 3 is 2.87 bits per heavy atom. The number of methoxy groups -OCH3 is 1. The van der Waals surface area contributed by atoms with E-state index < -0.39 is 12.0 Å². The molecule has 0 aromatic carbocycles. The molecule has 1 atom stereocenters. The smallest absolute Gasteiger partial charge is 0.322 e. The number of hydrogen-bond donors (Lipinski definition) is 1. The van der Waals surface area contributed by atoms with Crippen LogP contribution in [0.5, 0.6) is 0 Å². The lowest BCUT2D eigenvalue weighted by Gasteiger charge is -2.08. The molecule has 0 bridgehead atoms. The summed E-state index contributed by atoms with van der Waals surface area (Å²) in [5, 5.41) is 0.527. The van der Waals surface area contributed by atoms with Crippen LogP contribution in [-0.4, -0.2) is 24.1 Å². The van der Waals surface area contributed by atoms with Crippen LogP contribution in [0.3, 0.4) is 0 Å². The van der Waals surface area contributed by atoms with E-state index in [1.807, 2.05) is 0 Å². The van der Waals surface area contributed by atoms with E-state index in [1.54, 1.807) is 12.3 Å². The largest absolute Gasteiger partial charge is 0.468 e. The van der Waals surface area contributed by atoms with Crippen molar-refractivity contribution < 1.29 is 9.53 Å². The minimum atomic E-state index is -0.666. The molecule has 6 heteroatoms. The second-order valence-corrected chi connectivity index (χ2v) is 3.28. The number of pyridine rings is 1. The van der Waals surface area contributed by atoms with Gasteiger partial charge in [0.1, 0.15) is 6.04 Å². The Morgan fingerprint density at radius 1 is 1.67 bits per heavy atom. The average Bonchev–Trinajstić information content (AvgIpc) is 2.16. The summed E-state index contributed by atoms with van der Waals surface area (Å²) in [6.45, 7) is 0. The Bertz CT molecular complexity index is 334. The predicted molar refractivity (Wildman–Crippen MR) is 60.2 cm³/mol. The monoisotopic (exact) mass is 250 g/mol. The van der Waals surface area contributed by atoms with Crippen molar-refractivity contribution in [2.45, 2.75) is 12.5 Å². The fourth-order valence-electron chi connectivity index (χ4n) is 1.06. The lowest BCUT2D eigenvalue weighted by molar-refractivity contribution is -0.142. The van der Waals surface area contributed by atoms with Crippen molar-refractivity contribution in [1.29, 1.82) is 0 Å². The van der Waals surface area contributed by atoms with Gasteiger partial charge in [-0.25, -0.2) is 0 Å². The highest BCUT2D eigenvalue weighted by atomic mass is 35.5. The Morgan fingerprint density at radius 2 is 2.33 bits per heavy atom. The third kappa shape index (κ3) is 4.46. The van der Waals surface area contributed by atoms with Crippen molar-refractivity contribution in [3.63, 3.8) is 0 Å². The molecule has 0 aliphatic heterocycles. The first-order valence-corrected chi connectivity index (χ1v) is 4.44. The summed E-state index contributed by atoms with van der Waals surface area (Å²) in [6.07, 6.45) is 3.52. The number of ether oxygens (including phenoxy) is 1. The van der Waals surface area contributed by atoms with Gasteiger partial charge in [0.25, 0.3) is 0 Å². The topological polar surface area (TPSA) is 65.2 Å². The summed E-state index contributed by atoms with van der Waals surface area (Å²) in [5.74, 6) is -0.440. The van der Waals surface area contributed by atoms with E-state index in [0.717, 1.165) is 5.56 Å². The molecule has 2 N–H and O–H groups in total. The Balaban J connectivity index is 0.00000196. The third-order valence-electron chi connectivity index (χ3n) is 1.72. The quantitative estimate of drug-likeness (QED) is 0.820. The number of aromatic nitrogens is 1. The summed E-state index contributed by atoms with van der Waals surface area (Å²) in [6, 6.07) is 1.05. The molecule has 4 nitrogen and oxygen atoms in total. The second-order valence-electron chi connectivity index (χ2n) is 2.85. The summed E-state index contributed by atoms with van der Waals surface area (Å²) in [4.78, 5) is 14.9. The summed E-state index contributed by atoms with van der Waals surface area (Å²) >= 11 is 5.72. The Kier molecular flexibility index (Phi) is 6.24. The van der Waals surface area contributed by atoms with Crippen LogP contribution in [-0.2, 0) is 16.0 Å². The molecule has 0 saturated carbocycles. The van der Waals surface area contributed by atoms with E-state index in [9.17, 15) is 4.79 Å². The van der Waals surface area contributed by atoms with Gasteiger partial charge in [-0.2, -0.15) is 0 Å². The van der Waals surface area contributed by atoms with Gasteiger partial charge in [-0.05, 0) is 18.1 Å². The molecule has 0 aliphatic rings. The maximum atomic E-state index is 11.0. The van der Waals surface area contributed by atoms with Gasteiger partial charge in [0.05, 0.1) is 12.1 Å². The van der Waals surface area contributed by atoms with Crippen LogP contribution in [0.2, 0.25) is 5.02 Å². The number of hydrogen-bond acceptors (Lipinski definition) is 4. The van der Waals surface area contributed by atoms with Crippen LogP contribution in [0.1, 0.15) is 5.56 Å². The molecule has 15 heavy (non-hydrogen) atoms. The maximum Gasteiger partial charge on any atom is 0.322 e. The zero-order valence-electron chi connectivity index (χ0n) is 8.14. The molecule has 1 aromatic heterocycles. The van der Waals surface area contributed by atoms with E-state index >= 15 is 0 Å².